The minimum absolute atomic E-state index is 0.0464. The maximum absolute atomic E-state index is 12.8. The number of hydrogen-bond donors (Lipinski definition) is 0. The van der Waals surface area contributed by atoms with E-state index in [4.69, 9.17) is 0 Å². The Morgan fingerprint density at radius 1 is 1.24 bits per heavy atom. The number of amides is 1. The SMILES string of the molecule is CCn1c(SCC(=O)N(C)[C@@H](C)c2nc3ccccc3s2)nnc1-c1cccs1. The molecule has 150 valence electrons. The van der Waals surface area contributed by atoms with Crippen LogP contribution < -0.4 is 0 Å². The Labute approximate surface area is 181 Å². The summed E-state index contributed by atoms with van der Waals surface area (Å²) in [6.45, 7) is 4.84. The molecule has 3 aromatic heterocycles. The van der Waals surface area contributed by atoms with E-state index in [9.17, 15) is 4.79 Å². The van der Waals surface area contributed by atoms with Crippen LogP contribution in [0.5, 0.6) is 0 Å². The van der Waals surface area contributed by atoms with Crippen molar-refractivity contribution in [3.63, 3.8) is 0 Å². The summed E-state index contributed by atoms with van der Waals surface area (Å²) in [5.74, 6) is 1.22. The van der Waals surface area contributed by atoms with Crippen molar-refractivity contribution in [2.75, 3.05) is 12.8 Å². The maximum Gasteiger partial charge on any atom is 0.233 e. The lowest BCUT2D eigenvalue weighted by Gasteiger charge is -2.23. The van der Waals surface area contributed by atoms with Gasteiger partial charge in [0.1, 0.15) is 5.01 Å². The van der Waals surface area contributed by atoms with E-state index in [1.807, 2.05) is 49.7 Å². The van der Waals surface area contributed by atoms with Gasteiger partial charge in [0.25, 0.3) is 0 Å². The first-order chi connectivity index (χ1) is 14.1. The number of aromatic nitrogens is 4. The zero-order chi connectivity index (χ0) is 20.4. The molecule has 29 heavy (non-hydrogen) atoms. The molecule has 0 aliphatic heterocycles. The molecule has 6 nitrogen and oxygen atoms in total. The van der Waals surface area contributed by atoms with Crippen LogP contribution >= 0.6 is 34.4 Å². The highest BCUT2D eigenvalue weighted by Gasteiger charge is 2.22. The average Bonchev–Trinajstić information content (AvgIpc) is 3.48. The number of fused-ring (bicyclic) bond motifs is 1. The second-order valence-electron chi connectivity index (χ2n) is 6.52. The standard InChI is InChI=1S/C20H21N5OS3/c1-4-25-18(16-10-7-11-27-16)22-23-20(25)28-12-17(26)24(3)13(2)19-21-14-8-5-6-9-15(14)29-19/h5-11,13H,4,12H2,1-3H3/t13-/m0/s1. The first-order valence-corrected chi connectivity index (χ1v) is 12.0. The van der Waals surface area contributed by atoms with Crippen LogP contribution in [0.3, 0.4) is 0 Å². The summed E-state index contributed by atoms with van der Waals surface area (Å²) in [7, 11) is 1.83. The number of carbonyl (C=O) groups is 1. The van der Waals surface area contributed by atoms with Gasteiger partial charge in [-0.15, -0.1) is 32.9 Å². The molecule has 1 amide bonds. The van der Waals surface area contributed by atoms with Gasteiger partial charge in [-0.25, -0.2) is 4.98 Å². The van der Waals surface area contributed by atoms with Crippen molar-refractivity contribution in [3.8, 4) is 10.7 Å². The lowest BCUT2D eigenvalue weighted by molar-refractivity contribution is -0.128. The molecule has 4 aromatic rings. The Morgan fingerprint density at radius 2 is 2.07 bits per heavy atom. The maximum atomic E-state index is 12.8. The van der Waals surface area contributed by atoms with Gasteiger partial charge in [0, 0.05) is 13.6 Å². The molecule has 0 saturated carbocycles. The van der Waals surface area contributed by atoms with E-state index in [2.05, 4.69) is 32.7 Å². The van der Waals surface area contributed by atoms with Crippen molar-refractivity contribution in [3.05, 3.63) is 46.8 Å². The third-order valence-electron chi connectivity index (χ3n) is 4.74. The summed E-state index contributed by atoms with van der Waals surface area (Å²) in [6, 6.07) is 12.0. The molecule has 0 saturated heterocycles. The van der Waals surface area contributed by atoms with E-state index >= 15 is 0 Å². The number of carbonyl (C=O) groups excluding carboxylic acids is 1. The van der Waals surface area contributed by atoms with E-state index < -0.39 is 0 Å². The van der Waals surface area contributed by atoms with Gasteiger partial charge in [0.15, 0.2) is 11.0 Å². The van der Waals surface area contributed by atoms with E-state index in [0.29, 0.717) is 5.75 Å². The van der Waals surface area contributed by atoms with Crippen LogP contribution in [0.4, 0.5) is 0 Å². The molecule has 3 heterocycles. The van der Waals surface area contributed by atoms with Gasteiger partial charge in [-0.1, -0.05) is 30.0 Å². The summed E-state index contributed by atoms with van der Waals surface area (Å²) in [6.07, 6.45) is 0. The fourth-order valence-corrected chi connectivity index (χ4v) is 5.65. The Bertz CT molecular complexity index is 1090. The average molecular weight is 444 g/mol. The fourth-order valence-electron chi connectivity index (χ4n) is 2.95. The van der Waals surface area contributed by atoms with Gasteiger partial charge in [-0.3, -0.25) is 4.79 Å². The highest BCUT2D eigenvalue weighted by molar-refractivity contribution is 7.99. The number of thioether (sulfide) groups is 1. The number of thiophene rings is 1. The second-order valence-corrected chi connectivity index (χ2v) is 9.47. The third-order valence-corrected chi connectivity index (χ3v) is 7.77. The van der Waals surface area contributed by atoms with E-state index in [1.165, 1.54) is 11.8 Å². The van der Waals surface area contributed by atoms with Gasteiger partial charge in [-0.05, 0) is 37.4 Å². The molecule has 0 N–H and O–H groups in total. The van der Waals surface area contributed by atoms with Crippen molar-refractivity contribution in [2.45, 2.75) is 31.6 Å². The molecule has 0 unspecified atom stereocenters. The molecule has 0 bridgehead atoms. The van der Waals surface area contributed by atoms with Crippen molar-refractivity contribution < 1.29 is 4.79 Å². The number of hydrogen-bond acceptors (Lipinski definition) is 7. The number of para-hydroxylation sites is 1. The molecule has 1 atom stereocenters. The Balaban J connectivity index is 1.44. The van der Waals surface area contributed by atoms with Gasteiger partial charge < -0.3 is 9.47 Å². The third kappa shape index (κ3) is 4.08. The quantitative estimate of drug-likeness (QED) is 0.378. The molecule has 0 aliphatic carbocycles. The molecule has 0 spiro atoms. The molecule has 0 radical (unpaired) electrons. The van der Waals surface area contributed by atoms with Crippen molar-refractivity contribution >= 4 is 50.6 Å². The van der Waals surface area contributed by atoms with E-state index in [0.717, 1.165) is 37.6 Å². The monoisotopic (exact) mass is 443 g/mol. The summed E-state index contributed by atoms with van der Waals surface area (Å²) >= 11 is 4.70. The zero-order valence-corrected chi connectivity index (χ0v) is 18.9. The number of thiazole rings is 1. The highest BCUT2D eigenvalue weighted by atomic mass is 32.2. The predicted octanol–water partition coefficient (Wildman–Crippen LogP) is 4.95. The minimum Gasteiger partial charge on any atom is -0.336 e. The summed E-state index contributed by atoms with van der Waals surface area (Å²) < 4.78 is 3.20. The van der Waals surface area contributed by atoms with Crippen molar-refractivity contribution in [1.82, 2.24) is 24.6 Å². The highest BCUT2D eigenvalue weighted by Crippen LogP contribution is 2.30. The molecular weight excluding hydrogens is 422 g/mol. The number of benzene rings is 1. The first kappa shape index (κ1) is 20.1. The van der Waals surface area contributed by atoms with Crippen LogP contribution in [0.1, 0.15) is 24.9 Å². The van der Waals surface area contributed by atoms with Crippen LogP contribution in [-0.4, -0.2) is 43.4 Å². The van der Waals surface area contributed by atoms with Crippen LogP contribution in [0.15, 0.2) is 46.9 Å². The van der Waals surface area contributed by atoms with Crippen LogP contribution in [0, 0.1) is 0 Å². The Hall–Kier alpha value is -2.23. The summed E-state index contributed by atoms with van der Waals surface area (Å²) in [4.78, 5) is 20.3. The van der Waals surface area contributed by atoms with Crippen LogP contribution in [0.2, 0.25) is 0 Å². The van der Waals surface area contributed by atoms with Gasteiger partial charge in [-0.2, -0.15) is 0 Å². The molecule has 0 fully saturated rings. The smallest absolute Gasteiger partial charge is 0.233 e. The molecule has 0 aliphatic rings. The van der Waals surface area contributed by atoms with Gasteiger partial charge in [0.2, 0.25) is 5.91 Å². The fraction of sp³-hybridized carbons (Fsp3) is 0.300. The van der Waals surface area contributed by atoms with Crippen molar-refractivity contribution in [1.29, 1.82) is 0 Å². The second kappa shape index (κ2) is 8.64. The molecule has 1 aromatic carbocycles. The van der Waals surface area contributed by atoms with E-state index in [1.54, 1.807) is 27.6 Å². The zero-order valence-electron chi connectivity index (χ0n) is 16.4. The minimum atomic E-state index is -0.0776. The van der Waals surface area contributed by atoms with Gasteiger partial charge >= 0.3 is 0 Å². The van der Waals surface area contributed by atoms with Crippen LogP contribution in [0.25, 0.3) is 20.9 Å². The molecule has 4 rings (SSSR count). The summed E-state index contributed by atoms with van der Waals surface area (Å²) in [5.41, 5.74) is 0.978. The van der Waals surface area contributed by atoms with Crippen molar-refractivity contribution in [2.24, 2.45) is 0 Å². The van der Waals surface area contributed by atoms with Crippen LogP contribution in [-0.2, 0) is 11.3 Å². The Morgan fingerprint density at radius 3 is 2.79 bits per heavy atom. The molecular formula is C20H21N5OS3. The van der Waals surface area contributed by atoms with E-state index in [-0.39, 0.29) is 11.9 Å². The number of rotatable bonds is 7. The first-order valence-electron chi connectivity index (χ1n) is 9.29. The Kier molecular flexibility index (Phi) is 5.98. The topological polar surface area (TPSA) is 63.9 Å². The lowest BCUT2D eigenvalue weighted by Crippen LogP contribution is -2.31. The normalized spacial score (nSPS) is 12.4. The predicted molar refractivity (Wildman–Crippen MR) is 121 cm³/mol. The molecule has 9 heteroatoms. The lowest BCUT2D eigenvalue weighted by atomic mass is 10.3. The number of nitrogens with zero attached hydrogens (tertiary/aromatic N) is 5. The van der Waals surface area contributed by atoms with Gasteiger partial charge in [0.05, 0.1) is 26.9 Å². The largest absolute Gasteiger partial charge is 0.336 e. The summed E-state index contributed by atoms with van der Waals surface area (Å²) in [5, 5.41) is 12.4.